The molecule has 1 aliphatic heterocycles. The summed E-state index contributed by atoms with van der Waals surface area (Å²) in [5.74, 6) is 0.310. The molecule has 1 N–H and O–H groups in total. The molecule has 1 saturated heterocycles. The van der Waals surface area contributed by atoms with Gasteiger partial charge in [0.1, 0.15) is 0 Å². The molecule has 0 spiro atoms. The van der Waals surface area contributed by atoms with E-state index in [4.69, 9.17) is 16.3 Å². The third-order valence-electron chi connectivity index (χ3n) is 4.01. The minimum atomic E-state index is 0.127. The molecule has 1 aromatic rings. The van der Waals surface area contributed by atoms with E-state index in [2.05, 4.69) is 16.3 Å². The van der Waals surface area contributed by atoms with Crippen LogP contribution >= 0.6 is 11.6 Å². The molecular formula is C17H25ClN2O2. The molecule has 1 fully saturated rings. The Hall–Kier alpha value is -1.26. The molecule has 1 aromatic carbocycles. The summed E-state index contributed by atoms with van der Waals surface area (Å²) in [5, 5.41) is 3.77. The van der Waals surface area contributed by atoms with Crippen molar-refractivity contribution in [3.8, 4) is 0 Å². The van der Waals surface area contributed by atoms with E-state index in [1.165, 1.54) is 0 Å². The van der Waals surface area contributed by atoms with Crippen LogP contribution in [0.1, 0.15) is 26.2 Å². The molecule has 0 radical (unpaired) electrons. The zero-order valence-corrected chi connectivity index (χ0v) is 13.9. The summed E-state index contributed by atoms with van der Waals surface area (Å²) in [5.41, 5.74) is 1.14. The number of nitrogens with one attached hydrogen (secondary N) is 1. The van der Waals surface area contributed by atoms with Crippen molar-refractivity contribution in [2.75, 3.05) is 37.7 Å². The van der Waals surface area contributed by atoms with Gasteiger partial charge in [-0.1, -0.05) is 17.7 Å². The summed E-state index contributed by atoms with van der Waals surface area (Å²) < 4.78 is 5.26. The quantitative estimate of drug-likeness (QED) is 0.784. The summed E-state index contributed by atoms with van der Waals surface area (Å²) in [6.45, 7) is 5.92. The first-order chi connectivity index (χ1) is 10.7. The fourth-order valence-electron chi connectivity index (χ4n) is 2.75. The fraction of sp³-hybridized carbons (Fsp3) is 0.588. The van der Waals surface area contributed by atoms with Crippen LogP contribution in [0.25, 0.3) is 0 Å². The summed E-state index contributed by atoms with van der Waals surface area (Å²) in [6.07, 6.45) is 2.66. The highest BCUT2D eigenvalue weighted by atomic mass is 35.5. The molecule has 0 saturated carbocycles. The minimum Gasteiger partial charge on any atom is -0.382 e. The number of nitrogens with zero attached hydrogens (tertiary/aromatic N) is 1. The van der Waals surface area contributed by atoms with Gasteiger partial charge in [-0.25, -0.2) is 0 Å². The number of halogens is 1. The Labute approximate surface area is 137 Å². The highest BCUT2D eigenvalue weighted by Crippen LogP contribution is 2.25. The van der Waals surface area contributed by atoms with Gasteiger partial charge in [-0.3, -0.25) is 4.79 Å². The van der Waals surface area contributed by atoms with E-state index in [9.17, 15) is 4.79 Å². The number of amides is 1. The number of carbonyl (C=O) groups excluding carboxylic acids is 1. The number of piperidine rings is 1. The Morgan fingerprint density at radius 3 is 2.86 bits per heavy atom. The van der Waals surface area contributed by atoms with Crippen molar-refractivity contribution < 1.29 is 9.53 Å². The minimum absolute atomic E-state index is 0.127. The van der Waals surface area contributed by atoms with Crippen LogP contribution in [0.5, 0.6) is 0 Å². The second-order valence-corrected chi connectivity index (χ2v) is 6.02. The Morgan fingerprint density at radius 2 is 2.18 bits per heavy atom. The second kappa shape index (κ2) is 9.01. The monoisotopic (exact) mass is 324 g/mol. The predicted octanol–water partition coefficient (Wildman–Crippen LogP) is 3.10. The van der Waals surface area contributed by atoms with Crippen LogP contribution in [0.3, 0.4) is 0 Å². The lowest BCUT2D eigenvalue weighted by atomic mass is 9.95. The number of hydrogen-bond donors (Lipinski definition) is 1. The van der Waals surface area contributed by atoms with Crippen LogP contribution in [0.4, 0.5) is 5.69 Å². The normalized spacial score (nSPS) is 15.8. The average Bonchev–Trinajstić information content (AvgIpc) is 2.54. The molecule has 22 heavy (non-hydrogen) atoms. The van der Waals surface area contributed by atoms with E-state index in [-0.39, 0.29) is 11.8 Å². The van der Waals surface area contributed by atoms with Crippen molar-refractivity contribution in [1.82, 2.24) is 5.32 Å². The number of anilines is 1. The van der Waals surface area contributed by atoms with Crippen molar-refractivity contribution in [3.63, 3.8) is 0 Å². The highest BCUT2D eigenvalue weighted by molar-refractivity contribution is 6.30. The van der Waals surface area contributed by atoms with Gasteiger partial charge in [-0.15, -0.1) is 0 Å². The molecular weight excluding hydrogens is 300 g/mol. The lowest BCUT2D eigenvalue weighted by Crippen LogP contribution is -2.40. The smallest absolute Gasteiger partial charge is 0.223 e. The SMILES string of the molecule is CCOCCCNC(=O)C1CCN(c2cccc(Cl)c2)CC1. The van der Waals surface area contributed by atoms with E-state index in [1.54, 1.807) is 0 Å². The highest BCUT2D eigenvalue weighted by Gasteiger charge is 2.24. The molecule has 122 valence electrons. The molecule has 0 aliphatic carbocycles. The third kappa shape index (κ3) is 5.18. The maximum Gasteiger partial charge on any atom is 0.223 e. The first-order valence-electron chi connectivity index (χ1n) is 8.06. The van der Waals surface area contributed by atoms with E-state index >= 15 is 0 Å². The molecule has 0 atom stereocenters. The standard InChI is InChI=1S/C17H25ClN2O2/c1-2-22-12-4-9-19-17(21)14-7-10-20(11-8-14)16-6-3-5-15(18)13-16/h3,5-6,13-14H,2,4,7-12H2,1H3,(H,19,21). The van der Waals surface area contributed by atoms with E-state index in [0.717, 1.165) is 49.7 Å². The first kappa shape index (κ1) is 17.1. The summed E-state index contributed by atoms with van der Waals surface area (Å²) in [7, 11) is 0. The molecule has 1 aliphatic rings. The van der Waals surface area contributed by atoms with Crippen LogP contribution in [0.2, 0.25) is 5.02 Å². The maximum absolute atomic E-state index is 12.1. The number of hydrogen-bond acceptors (Lipinski definition) is 3. The lowest BCUT2D eigenvalue weighted by molar-refractivity contribution is -0.125. The van der Waals surface area contributed by atoms with E-state index in [0.29, 0.717) is 13.2 Å². The van der Waals surface area contributed by atoms with Crippen LogP contribution in [0, 0.1) is 5.92 Å². The Kier molecular flexibility index (Phi) is 7.00. The van der Waals surface area contributed by atoms with Crippen molar-refractivity contribution in [1.29, 1.82) is 0 Å². The Bertz CT molecular complexity index is 473. The van der Waals surface area contributed by atoms with Gasteiger partial charge in [0.05, 0.1) is 0 Å². The molecule has 0 aromatic heterocycles. The zero-order chi connectivity index (χ0) is 15.8. The molecule has 2 rings (SSSR count). The van der Waals surface area contributed by atoms with Crippen molar-refractivity contribution >= 4 is 23.2 Å². The third-order valence-corrected chi connectivity index (χ3v) is 4.24. The number of ether oxygens (including phenoxy) is 1. The lowest BCUT2D eigenvalue weighted by Gasteiger charge is -2.33. The van der Waals surface area contributed by atoms with Crippen LogP contribution in [0.15, 0.2) is 24.3 Å². The van der Waals surface area contributed by atoms with Crippen molar-refractivity contribution in [2.24, 2.45) is 5.92 Å². The zero-order valence-electron chi connectivity index (χ0n) is 13.2. The van der Waals surface area contributed by atoms with Gasteiger partial charge in [0.25, 0.3) is 0 Å². The predicted molar refractivity (Wildman–Crippen MR) is 90.5 cm³/mol. The largest absolute Gasteiger partial charge is 0.382 e. The summed E-state index contributed by atoms with van der Waals surface area (Å²) in [4.78, 5) is 14.4. The fourth-order valence-corrected chi connectivity index (χ4v) is 2.93. The van der Waals surface area contributed by atoms with Gasteiger partial charge in [0, 0.05) is 49.5 Å². The van der Waals surface area contributed by atoms with Crippen molar-refractivity contribution in [2.45, 2.75) is 26.2 Å². The summed E-state index contributed by atoms with van der Waals surface area (Å²) in [6, 6.07) is 7.90. The second-order valence-electron chi connectivity index (χ2n) is 5.58. The van der Waals surface area contributed by atoms with E-state index in [1.807, 2.05) is 25.1 Å². The van der Waals surface area contributed by atoms with Gasteiger partial charge in [-0.2, -0.15) is 0 Å². The van der Waals surface area contributed by atoms with Gasteiger partial charge in [0.15, 0.2) is 0 Å². The molecule has 0 unspecified atom stereocenters. The van der Waals surface area contributed by atoms with Gasteiger partial charge in [-0.05, 0) is 44.4 Å². The number of benzene rings is 1. The number of carbonyl (C=O) groups is 1. The molecule has 5 heteroatoms. The van der Waals surface area contributed by atoms with Gasteiger partial charge in [0.2, 0.25) is 5.91 Å². The Morgan fingerprint density at radius 1 is 1.41 bits per heavy atom. The topological polar surface area (TPSA) is 41.6 Å². The molecule has 4 nitrogen and oxygen atoms in total. The van der Waals surface area contributed by atoms with Gasteiger partial charge < -0.3 is 15.0 Å². The molecule has 0 bridgehead atoms. The Balaban J connectivity index is 1.71. The maximum atomic E-state index is 12.1. The van der Waals surface area contributed by atoms with Crippen LogP contribution in [-0.2, 0) is 9.53 Å². The first-order valence-corrected chi connectivity index (χ1v) is 8.44. The average molecular weight is 325 g/mol. The number of rotatable bonds is 7. The summed E-state index contributed by atoms with van der Waals surface area (Å²) >= 11 is 6.04. The molecule has 1 amide bonds. The van der Waals surface area contributed by atoms with Crippen LogP contribution < -0.4 is 10.2 Å². The van der Waals surface area contributed by atoms with E-state index < -0.39 is 0 Å². The molecule has 1 heterocycles. The van der Waals surface area contributed by atoms with Gasteiger partial charge >= 0.3 is 0 Å². The van der Waals surface area contributed by atoms with Crippen LogP contribution in [-0.4, -0.2) is 38.8 Å². The van der Waals surface area contributed by atoms with Crippen molar-refractivity contribution in [3.05, 3.63) is 29.3 Å².